The Hall–Kier alpha value is -2.04. The molecule has 0 saturated carbocycles. The minimum atomic E-state index is -1.05. The summed E-state index contributed by atoms with van der Waals surface area (Å²) in [5, 5.41) is 12.9. The van der Waals surface area contributed by atoms with Gasteiger partial charge in [-0.15, -0.1) is 0 Å². The quantitative estimate of drug-likeness (QED) is 0.782. The summed E-state index contributed by atoms with van der Waals surface area (Å²) in [6.07, 6.45) is 1.43. The molecule has 1 N–H and O–H groups in total. The molecule has 1 heterocycles. The second-order valence-corrected chi connectivity index (χ2v) is 2.69. The fourth-order valence-electron chi connectivity index (χ4n) is 1.28. The smallest absolute Gasteiger partial charge is 0.339 e. The van der Waals surface area contributed by atoms with Gasteiger partial charge in [-0.1, -0.05) is 5.16 Å². The van der Waals surface area contributed by atoms with Crippen molar-refractivity contribution in [1.29, 1.82) is 0 Å². The van der Waals surface area contributed by atoms with Crippen molar-refractivity contribution in [1.82, 2.24) is 5.16 Å². The number of fused-ring (bicyclic) bond motifs is 1. The Balaban J connectivity index is 2.78. The number of carboxylic acids is 1. The number of methoxy groups -OCH3 is 1. The summed E-state index contributed by atoms with van der Waals surface area (Å²) < 4.78 is 9.87. The summed E-state index contributed by atoms with van der Waals surface area (Å²) in [5.74, 6) is -0.499. The highest BCUT2D eigenvalue weighted by molar-refractivity contribution is 6.02. The van der Waals surface area contributed by atoms with E-state index in [2.05, 4.69) is 5.16 Å². The molecule has 0 atom stereocenters. The molecule has 1 aromatic heterocycles. The van der Waals surface area contributed by atoms with Gasteiger partial charge in [0.1, 0.15) is 11.3 Å². The fourth-order valence-corrected chi connectivity index (χ4v) is 1.28. The molecule has 0 saturated heterocycles. The molecule has 0 bridgehead atoms. The Morgan fingerprint density at radius 2 is 2.36 bits per heavy atom. The van der Waals surface area contributed by atoms with Gasteiger partial charge in [0.05, 0.1) is 18.7 Å². The molecule has 0 aliphatic rings. The van der Waals surface area contributed by atoms with Crippen molar-refractivity contribution in [2.45, 2.75) is 0 Å². The van der Waals surface area contributed by atoms with Gasteiger partial charge in [-0.25, -0.2) is 4.79 Å². The van der Waals surface area contributed by atoms with Crippen molar-refractivity contribution >= 4 is 16.9 Å². The number of hydrogen-bond acceptors (Lipinski definition) is 4. The molecule has 0 aliphatic carbocycles. The molecule has 0 unspecified atom stereocenters. The van der Waals surface area contributed by atoms with Crippen LogP contribution in [0, 0.1) is 0 Å². The van der Waals surface area contributed by atoms with E-state index in [-0.39, 0.29) is 11.1 Å². The molecule has 5 nitrogen and oxygen atoms in total. The van der Waals surface area contributed by atoms with Crippen molar-refractivity contribution in [2.24, 2.45) is 0 Å². The third kappa shape index (κ3) is 1.10. The van der Waals surface area contributed by atoms with E-state index in [0.717, 1.165) is 0 Å². The first-order valence-corrected chi connectivity index (χ1v) is 3.88. The van der Waals surface area contributed by atoms with E-state index in [0.29, 0.717) is 11.1 Å². The van der Waals surface area contributed by atoms with Gasteiger partial charge in [-0.3, -0.25) is 0 Å². The lowest BCUT2D eigenvalue weighted by molar-refractivity contribution is 0.0697. The van der Waals surface area contributed by atoms with Crippen LogP contribution >= 0.6 is 0 Å². The summed E-state index contributed by atoms with van der Waals surface area (Å²) in [4.78, 5) is 10.8. The third-order valence-electron chi connectivity index (χ3n) is 1.93. The highest BCUT2D eigenvalue weighted by Crippen LogP contribution is 2.27. The molecule has 0 fully saturated rings. The van der Waals surface area contributed by atoms with Crippen molar-refractivity contribution < 1.29 is 19.2 Å². The number of nitrogens with zero attached hydrogens (tertiary/aromatic N) is 1. The van der Waals surface area contributed by atoms with E-state index in [1.54, 1.807) is 6.07 Å². The summed E-state index contributed by atoms with van der Waals surface area (Å²) in [6.45, 7) is 0. The predicted molar refractivity (Wildman–Crippen MR) is 47.5 cm³/mol. The van der Waals surface area contributed by atoms with Gasteiger partial charge in [-0.05, 0) is 12.1 Å². The molecular weight excluding hydrogens is 186 g/mol. The first kappa shape index (κ1) is 8.55. The Morgan fingerprint density at radius 1 is 1.57 bits per heavy atom. The van der Waals surface area contributed by atoms with Gasteiger partial charge >= 0.3 is 5.97 Å². The number of carbonyl (C=O) groups is 1. The molecule has 72 valence electrons. The lowest BCUT2D eigenvalue weighted by atomic mass is 10.1. The van der Waals surface area contributed by atoms with Crippen molar-refractivity contribution in [3.8, 4) is 5.75 Å². The van der Waals surface area contributed by atoms with Crippen LogP contribution in [0.4, 0.5) is 0 Å². The second-order valence-electron chi connectivity index (χ2n) is 2.69. The average molecular weight is 193 g/mol. The maximum atomic E-state index is 10.8. The zero-order valence-electron chi connectivity index (χ0n) is 7.35. The molecule has 2 rings (SSSR count). The number of aromatic carboxylic acids is 1. The van der Waals surface area contributed by atoms with E-state index in [1.807, 2.05) is 0 Å². The summed E-state index contributed by atoms with van der Waals surface area (Å²) >= 11 is 0. The molecule has 0 aliphatic heterocycles. The SMILES string of the molecule is COc1ccc(C(=O)O)c2oncc12. The van der Waals surface area contributed by atoms with E-state index in [4.69, 9.17) is 14.4 Å². The Morgan fingerprint density at radius 3 is 3.00 bits per heavy atom. The van der Waals surface area contributed by atoms with Crippen LogP contribution in [0.25, 0.3) is 11.0 Å². The standard InChI is InChI=1S/C9H7NO4/c1-13-7-3-2-5(9(11)12)8-6(7)4-10-14-8/h2-4H,1H3,(H,11,12). The van der Waals surface area contributed by atoms with Gasteiger partial charge in [0, 0.05) is 0 Å². The van der Waals surface area contributed by atoms with Gasteiger partial charge in [-0.2, -0.15) is 0 Å². The molecule has 0 radical (unpaired) electrons. The summed E-state index contributed by atoms with van der Waals surface area (Å²) in [5.41, 5.74) is 0.315. The average Bonchev–Trinajstić information content (AvgIpc) is 2.64. The zero-order valence-corrected chi connectivity index (χ0v) is 7.35. The number of ether oxygens (including phenoxy) is 1. The largest absolute Gasteiger partial charge is 0.496 e. The molecule has 0 amide bonds. The third-order valence-corrected chi connectivity index (χ3v) is 1.93. The first-order chi connectivity index (χ1) is 6.74. The van der Waals surface area contributed by atoms with E-state index < -0.39 is 5.97 Å². The van der Waals surface area contributed by atoms with Crippen LogP contribution in [0.15, 0.2) is 22.9 Å². The van der Waals surface area contributed by atoms with Gasteiger partial charge in [0.2, 0.25) is 0 Å². The molecule has 2 aromatic rings. The van der Waals surface area contributed by atoms with E-state index >= 15 is 0 Å². The lowest BCUT2D eigenvalue weighted by Gasteiger charge is -2.01. The number of rotatable bonds is 2. The molecule has 5 heteroatoms. The molecule has 1 aromatic carbocycles. The Kier molecular flexibility index (Phi) is 1.85. The fraction of sp³-hybridized carbons (Fsp3) is 0.111. The molecule has 14 heavy (non-hydrogen) atoms. The monoisotopic (exact) mass is 193 g/mol. The lowest BCUT2D eigenvalue weighted by Crippen LogP contribution is -1.97. The predicted octanol–water partition coefficient (Wildman–Crippen LogP) is 1.53. The maximum absolute atomic E-state index is 10.8. The van der Waals surface area contributed by atoms with Crippen molar-refractivity contribution in [3.05, 3.63) is 23.9 Å². The van der Waals surface area contributed by atoms with Crippen LogP contribution in [-0.2, 0) is 0 Å². The summed E-state index contributed by atoms with van der Waals surface area (Å²) in [6, 6.07) is 3.00. The zero-order chi connectivity index (χ0) is 10.1. The summed E-state index contributed by atoms with van der Waals surface area (Å²) in [7, 11) is 1.50. The van der Waals surface area contributed by atoms with Crippen LogP contribution in [0.5, 0.6) is 5.75 Å². The normalized spacial score (nSPS) is 10.4. The topological polar surface area (TPSA) is 72.6 Å². The number of benzene rings is 1. The number of aromatic nitrogens is 1. The van der Waals surface area contributed by atoms with Crippen LogP contribution in [0.1, 0.15) is 10.4 Å². The molecule has 0 spiro atoms. The Labute approximate surface area is 78.9 Å². The van der Waals surface area contributed by atoms with Gasteiger partial charge in [0.25, 0.3) is 0 Å². The minimum Gasteiger partial charge on any atom is -0.496 e. The van der Waals surface area contributed by atoms with Crippen molar-refractivity contribution in [3.63, 3.8) is 0 Å². The van der Waals surface area contributed by atoms with Crippen molar-refractivity contribution in [2.75, 3.05) is 7.11 Å². The first-order valence-electron chi connectivity index (χ1n) is 3.88. The second kappa shape index (κ2) is 3.02. The molecular formula is C9H7NO4. The highest BCUT2D eigenvalue weighted by atomic mass is 16.5. The highest BCUT2D eigenvalue weighted by Gasteiger charge is 2.15. The maximum Gasteiger partial charge on any atom is 0.339 e. The Bertz CT molecular complexity index is 489. The van der Waals surface area contributed by atoms with Crippen LogP contribution in [0.2, 0.25) is 0 Å². The van der Waals surface area contributed by atoms with Crippen LogP contribution in [-0.4, -0.2) is 23.3 Å². The number of carboxylic acid groups (broad SMARTS) is 1. The van der Waals surface area contributed by atoms with E-state index in [1.165, 1.54) is 19.4 Å². The van der Waals surface area contributed by atoms with Gasteiger partial charge < -0.3 is 14.4 Å². The van der Waals surface area contributed by atoms with E-state index in [9.17, 15) is 4.79 Å². The number of hydrogen-bond donors (Lipinski definition) is 1. The van der Waals surface area contributed by atoms with Crippen LogP contribution < -0.4 is 4.74 Å². The van der Waals surface area contributed by atoms with Gasteiger partial charge in [0.15, 0.2) is 5.58 Å². The van der Waals surface area contributed by atoms with Crippen LogP contribution in [0.3, 0.4) is 0 Å². The minimum absolute atomic E-state index is 0.0818.